The lowest BCUT2D eigenvalue weighted by Crippen LogP contribution is -2.33. The lowest BCUT2D eigenvalue weighted by atomic mass is 10.00. The van der Waals surface area contributed by atoms with Crippen molar-refractivity contribution >= 4 is 22.6 Å². The van der Waals surface area contributed by atoms with Crippen LogP contribution < -0.4 is 0 Å². The van der Waals surface area contributed by atoms with Gasteiger partial charge in [0, 0.05) is 36.4 Å². The van der Waals surface area contributed by atoms with Crippen LogP contribution >= 0.6 is 0 Å². The third-order valence-electron chi connectivity index (χ3n) is 3.31. The summed E-state index contributed by atoms with van der Waals surface area (Å²) in [6.07, 6.45) is 7.42. The van der Waals surface area contributed by atoms with Gasteiger partial charge in [-0.15, -0.1) is 0 Å². The molecule has 0 radical (unpaired) electrons. The van der Waals surface area contributed by atoms with E-state index in [2.05, 4.69) is 9.97 Å². The topological polar surface area (TPSA) is 69.2 Å². The standard InChI is InChI=1S/C13H13N3O2/c17-13(18)16-5-2-9(3-6-16)11-7-15-12-8-14-4-1-10(11)12/h1-2,4,7-8,15H,3,5-6H2,(H,17,18). The molecule has 0 aromatic carbocycles. The molecule has 1 aliphatic rings. The SMILES string of the molecule is O=C(O)N1CC=C(c2c[nH]c3cnccc23)CC1. The van der Waals surface area contributed by atoms with Gasteiger partial charge in [0.1, 0.15) is 0 Å². The number of nitrogens with one attached hydrogen (secondary N) is 1. The molecule has 2 aromatic rings. The van der Waals surface area contributed by atoms with Crippen LogP contribution in [0.2, 0.25) is 0 Å². The van der Waals surface area contributed by atoms with Crippen LogP contribution in [0.15, 0.2) is 30.7 Å². The molecular formula is C13H13N3O2. The van der Waals surface area contributed by atoms with Gasteiger partial charge in [-0.1, -0.05) is 6.08 Å². The fourth-order valence-corrected chi connectivity index (χ4v) is 2.33. The number of hydrogen-bond acceptors (Lipinski definition) is 2. The lowest BCUT2D eigenvalue weighted by Gasteiger charge is -2.23. The van der Waals surface area contributed by atoms with Crippen molar-refractivity contribution in [1.29, 1.82) is 0 Å². The number of aromatic nitrogens is 2. The first-order valence-electron chi connectivity index (χ1n) is 5.84. The number of amides is 1. The van der Waals surface area contributed by atoms with E-state index in [1.54, 1.807) is 12.4 Å². The lowest BCUT2D eigenvalue weighted by molar-refractivity contribution is 0.150. The molecule has 2 N–H and O–H groups in total. The van der Waals surface area contributed by atoms with E-state index in [1.165, 1.54) is 10.5 Å². The van der Waals surface area contributed by atoms with Crippen LogP contribution in [0.4, 0.5) is 4.79 Å². The third-order valence-corrected chi connectivity index (χ3v) is 3.31. The number of pyridine rings is 1. The van der Waals surface area contributed by atoms with E-state index < -0.39 is 6.09 Å². The molecule has 0 spiro atoms. The van der Waals surface area contributed by atoms with Gasteiger partial charge in [-0.05, 0) is 18.1 Å². The quantitative estimate of drug-likeness (QED) is 0.807. The molecule has 3 heterocycles. The van der Waals surface area contributed by atoms with Gasteiger partial charge in [-0.25, -0.2) is 4.79 Å². The van der Waals surface area contributed by atoms with Crippen LogP contribution in [0.3, 0.4) is 0 Å². The number of hydrogen-bond donors (Lipinski definition) is 2. The molecule has 0 saturated heterocycles. The highest BCUT2D eigenvalue weighted by Crippen LogP contribution is 2.28. The van der Waals surface area contributed by atoms with Crippen molar-refractivity contribution < 1.29 is 9.90 Å². The number of H-pyrrole nitrogens is 1. The molecule has 5 heteroatoms. The minimum absolute atomic E-state index is 0.461. The Morgan fingerprint density at radius 2 is 2.39 bits per heavy atom. The predicted molar refractivity (Wildman–Crippen MR) is 68.3 cm³/mol. The van der Waals surface area contributed by atoms with Gasteiger partial charge >= 0.3 is 6.09 Å². The van der Waals surface area contributed by atoms with Crippen molar-refractivity contribution in [3.8, 4) is 0 Å². The molecule has 1 amide bonds. The Labute approximate surface area is 104 Å². The second-order valence-corrected chi connectivity index (χ2v) is 4.33. The average Bonchev–Trinajstić information content (AvgIpc) is 2.82. The molecule has 3 rings (SSSR count). The summed E-state index contributed by atoms with van der Waals surface area (Å²) in [4.78, 5) is 19.5. The zero-order valence-corrected chi connectivity index (χ0v) is 9.76. The molecule has 5 nitrogen and oxygen atoms in total. The molecule has 0 saturated carbocycles. The van der Waals surface area contributed by atoms with Crippen molar-refractivity contribution in [1.82, 2.24) is 14.9 Å². The molecule has 0 atom stereocenters. The molecule has 1 aliphatic heterocycles. The van der Waals surface area contributed by atoms with Gasteiger partial charge in [0.2, 0.25) is 0 Å². The van der Waals surface area contributed by atoms with Crippen LogP contribution in [0, 0.1) is 0 Å². The normalized spacial score (nSPS) is 15.8. The highest BCUT2D eigenvalue weighted by Gasteiger charge is 2.18. The van der Waals surface area contributed by atoms with Crippen molar-refractivity contribution in [2.45, 2.75) is 6.42 Å². The summed E-state index contributed by atoms with van der Waals surface area (Å²) in [6, 6.07) is 1.98. The minimum Gasteiger partial charge on any atom is -0.465 e. The van der Waals surface area contributed by atoms with E-state index in [0.29, 0.717) is 13.1 Å². The fraction of sp³-hybridized carbons (Fsp3) is 0.231. The van der Waals surface area contributed by atoms with E-state index in [0.717, 1.165) is 22.9 Å². The summed E-state index contributed by atoms with van der Waals surface area (Å²) in [5, 5.41) is 10.0. The Morgan fingerprint density at radius 1 is 1.50 bits per heavy atom. The summed E-state index contributed by atoms with van der Waals surface area (Å²) in [7, 11) is 0. The van der Waals surface area contributed by atoms with Crippen molar-refractivity contribution in [2.75, 3.05) is 13.1 Å². The molecular weight excluding hydrogens is 230 g/mol. The first-order chi connectivity index (χ1) is 8.75. The van der Waals surface area contributed by atoms with Gasteiger partial charge in [0.05, 0.1) is 11.7 Å². The van der Waals surface area contributed by atoms with Crippen molar-refractivity contribution in [2.24, 2.45) is 0 Å². The first kappa shape index (κ1) is 10.8. The van der Waals surface area contributed by atoms with Gasteiger partial charge < -0.3 is 15.0 Å². The average molecular weight is 243 g/mol. The van der Waals surface area contributed by atoms with E-state index >= 15 is 0 Å². The number of rotatable bonds is 1. The molecule has 0 bridgehead atoms. The fourth-order valence-electron chi connectivity index (χ4n) is 2.33. The zero-order chi connectivity index (χ0) is 12.5. The van der Waals surface area contributed by atoms with Gasteiger partial charge in [-0.2, -0.15) is 0 Å². The summed E-state index contributed by atoms with van der Waals surface area (Å²) in [6.45, 7) is 1.02. The van der Waals surface area contributed by atoms with Crippen molar-refractivity contribution in [3.05, 3.63) is 36.3 Å². The largest absolute Gasteiger partial charge is 0.465 e. The van der Waals surface area contributed by atoms with E-state index in [9.17, 15) is 4.79 Å². The summed E-state index contributed by atoms with van der Waals surface area (Å²) < 4.78 is 0. The molecule has 0 aliphatic carbocycles. The maximum absolute atomic E-state index is 10.8. The Balaban J connectivity index is 1.94. The van der Waals surface area contributed by atoms with Crippen LogP contribution in [-0.2, 0) is 0 Å². The van der Waals surface area contributed by atoms with E-state index in [-0.39, 0.29) is 0 Å². The number of carbonyl (C=O) groups is 1. The number of aromatic amines is 1. The minimum atomic E-state index is -0.853. The molecule has 92 valence electrons. The summed E-state index contributed by atoms with van der Waals surface area (Å²) >= 11 is 0. The Morgan fingerprint density at radius 3 is 3.11 bits per heavy atom. The predicted octanol–water partition coefficient (Wildman–Crippen LogP) is 2.33. The molecule has 18 heavy (non-hydrogen) atoms. The number of nitrogens with zero attached hydrogens (tertiary/aromatic N) is 2. The molecule has 0 fully saturated rings. The van der Waals surface area contributed by atoms with E-state index in [1.807, 2.05) is 18.3 Å². The third kappa shape index (κ3) is 1.73. The van der Waals surface area contributed by atoms with Gasteiger partial charge in [-0.3, -0.25) is 4.98 Å². The zero-order valence-electron chi connectivity index (χ0n) is 9.76. The monoisotopic (exact) mass is 243 g/mol. The maximum Gasteiger partial charge on any atom is 0.407 e. The van der Waals surface area contributed by atoms with Crippen LogP contribution in [0.5, 0.6) is 0 Å². The second-order valence-electron chi connectivity index (χ2n) is 4.33. The number of carboxylic acid groups (broad SMARTS) is 1. The van der Waals surface area contributed by atoms with Gasteiger partial charge in [0.25, 0.3) is 0 Å². The van der Waals surface area contributed by atoms with Crippen LogP contribution in [0.1, 0.15) is 12.0 Å². The second kappa shape index (κ2) is 4.18. The highest BCUT2D eigenvalue weighted by atomic mass is 16.4. The Hall–Kier alpha value is -2.30. The first-order valence-corrected chi connectivity index (χ1v) is 5.84. The van der Waals surface area contributed by atoms with E-state index in [4.69, 9.17) is 5.11 Å². The summed E-state index contributed by atoms with van der Waals surface area (Å²) in [5.74, 6) is 0. The maximum atomic E-state index is 10.8. The molecule has 2 aromatic heterocycles. The Kier molecular flexibility index (Phi) is 2.51. The van der Waals surface area contributed by atoms with Crippen LogP contribution in [0.25, 0.3) is 16.5 Å². The molecule has 0 unspecified atom stereocenters. The van der Waals surface area contributed by atoms with Crippen molar-refractivity contribution in [3.63, 3.8) is 0 Å². The summed E-state index contributed by atoms with van der Waals surface area (Å²) in [5.41, 5.74) is 3.36. The smallest absolute Gasteiger partial charge is 0.407 e. The number of fused-ring (bicyclic) bond motifs is 1. The van der Waals surface area contributed by atoms with Gasteiger partial charge in [0.15, 0.2) is 0 Å². The highest BCUT2D eigenvalue weighted by molar-refractivity contribution is 5.92. The Bertz CT molecular complexity index is 630. The van der Waals surface area contributed by atoms with Crippen LogP contribution in [-0.4, -0.2) is 39.2 Å².